The van der Waals surface area contributed by atoms with Gasteiger partial charge in [0, 0.05) is 17.6 Å². The molecule has 0 atom stereocenters. The van der Waals surface area contributed by atoms with Crippen molar-refractivity contribution in [1.82, 2.24) is 4.90 Å². The van der Waals surface area contributed by atoms with Crippen molar-refractivity contribution in [2.45, 2.75) is 51.0 Å². The van der Waals surface area contributed by atoms with E-state index in [1.807, 2.05) is 12.1 Å². The Kier molecular flexibility index (Phi) is 3.44. The predicted molar refractivity (Wildman–Crippen MR) is 88.8 cm³/mol. The van der Waals surface area contributed by atoms with Crippen molar-refractivity contribution in [3.8, 4) is 6.07 Å². The van der Waals surface area contributed by atoms with Gasteiger partial charge >= 0.3 is 0 Å². The van der Waals surface area contributed by atoms with Crippen LogP contribution >= 0.6 is 0 Å². The van der Waals surface area contributed by atoms with Gasteiger partial charge in [-0.15, -0.1) is 0 Å². The molecule has 1 amide bonds. The summed E-state index contributed by atoms with van der Waals surface area (Å²) in [4.78, 5) is 15.3. The van der Waals surface area contributed by atoms with Gasteiger partial charge < -0.3 is 4.90 Å². The van der Waals surface area contributed by atoms with Crippen LogP contribution in [0.5, 0.6) is 0 Å². The molecule has 3 heteroatoms. The Morgan fingerprint density at radius 3 is 2.09 bits per heavy atom. The van der Waals surface area contributed by atoms with Gasteiger partial charge in [0.15, 0.2) is 0 Å². The van der Waals surface area contributed by atoms with E-state index in [9.17, 15) is 4.79 Å². The summed E-state index contributed by atoms with van der Waals surface area (Å²) in [5.41, 5.74) is 1.44. The molecule has 4 saturated carbocycles. The number of hydrogen-bond acceptors (Lipinski definition) is 2. The third kappa shape index (κ3) is 2.36. The highest BCUT2D eigenvalue weighted by Crippen LogP contribution is 2.57. The number of nitrogens with zero attached hydrogens (tertiary/aromatic N) is 2. The van der Waals surface area contributed by atoms with Gasteiger partial charge in [-0.3, -0.25) is 4.79 Å². The van der Waals surface area contributed by atoms with Gasteiger partial charge in [0.25, 0.3) is 5.91 Å². The zero-order valence-corrected chi connectivity index (χ0v) is 13.8. The molecule has 1 aromatic carbocycles. The van der Waals surface area contributed by atoms with Crippen molar-refractivity contribution < 1.29 is 4.79 Å². The highest BCUT2D eigenvalue weighted by Gasteiger charge is 2.54. The lowest BCUT2D eigenvalue weighted by atomic mass is 9.52. The second kappa shape index (κ2) is 5.37. The average Bonchev–Trinajstić information content (AvgIpc) is 2.54. The average molecular weight is 308 g/mol. The van der Waals surface area contributed by atoms with E-state index in [0.717, 1.165) is 29.9 Å². The Morgan fingerprint density at radius 1 is 1.13 bits per heavy atom. The molecular formula is C20H24N2O. The molecule has 4 aliphatic carbocycles. The molecule has 0 unspecified atom stereocenters. The first-order chi connectivity index (χ1) is 11.1. The Hall–Kier alpha value is -1.82. The summed E-state index contributed by atoms with van der Waals surface area (Å²) < 4.78 is 0. The number of rotatable bonds is 3. The number of nitriles is 1. The molecule has 5 rings (SSSR count). The molecule has 120 valence electrons. The fourth-order valence-electron chi connectivity index (χ4n) is 5.93. The largest absolute Gasteiger partial charge is 0.333 e. The molecule has 0 N–H and O–H groups in total. The summed E-state index contributed by atoms with van der Waals surface area (Å²) in [6, 6.07) is 9.24. The maximum atomic E-state index is 13.1. The Morgan fingerprint density at radius 2 is 1.65 bits per heavy atom. The van der Waals surface area contributed by atoms with E-state index >= 15 is 0 Å². The van der Waals surface area contributed by atoms with E-state index < -0.39 is 0 Å². The second-order valence-corrected chi connectivity index (χ2v) is 7.88. The van der Waals surface area contributed by atoms with Gasteiger partial charge in [-0.2, -0.15) is 5.26 Å². The summed E-state index contributed by atoms with van der Waals surface area (Å²) in [6.45, 7) is 2.89. The summed E-state index contributed by atoms with van der Waals surface area (Å²) in [6.07, 6.45) is 7.78. The van der Waals surface area contributed by atoms with Crippen LogP contribution in [0.3, 0.4) is 0 Å². The molecule has 3 nitrogen and oxygen atoms in total. The number of amides is 1. The quantitative estimate of drug-likeness (QED) is 0.847. The molecule has 0 heterocycles. The Labute approximate surface area is 138 Å². The van der Waals surface area contributed by atoms with Crippen LogP contribution in [0.15, 0.2) is 24.3 Å². The fraction of sp³-hybridized carbons (Fsp3) is 0.600. The van der Waals surface area contributed by atoms with Crippen LogP contribution in [0.25, 0.3) is 0 Å². The minimum absolute atomic E-state index is 0.106. The maximum absolute atomic E-state index is 13.1. The number of carbonyl (C=O) groups is 1. The number of benzene rings is 1. The van der Waals surface area contributed by atoms with Crippen LogP contribution < -0.4 is 0 Å². The van der Waals surface area contributed by atoms with E-state index in [0.29, 0.717) is 5.56 Å². The van der Waals surface area contributed by atoms with Crippen LogP contribution in [0.2, 0.25) is 0 Å². The Balaban J connectivity index is 1.63. The standard InChI is InChI=1S/C20H24N2O/c1-2-22(19(23)18-5-3-14(13-21)4-6-18)20-10-15-7-16(11-20)9-17(8-15)12-20/h3-6,15-17H,2,7-12H2,1H3. The third-order valence-electron chi connectivity index (χ3n) is 6.40. The lowest BCUT2D eigenvalue weighted by molar-refractivity contribution is -0.0731. The van der Waals surface area contributed by atoms with E-state index in [-0.39, 0.29) is 11.4 Å². The molecule has 4 aliphatic rings. The molecule has 0 saturated heterocycles. The van der Waals surface area contributed by atoms with E-state index in [4.69, 9.17) is 5.26 Å². The summed E-state index contributed by atoms with van der Waals surface area (Å²) in [5, 5.41) is 8.93. The van der Waals surface area contributed by atoms with Gasteiger partial charge in [0.1, 0.15) is 0 Å². The van der Waals surface area contributed by atoms with Crippen LogP contribution in [-0.2, 0) is 0 Å². The fourth-order valence-corrected chi connectivity index (χ4v) is 5.93. The lowest BCUT2D eigenvalue weighted by Crippen LogP contribution is -2.61. The van der Waals surface area contributed by atoms with Crippen LogP contribution in [-0.4, -0.2) is 22.9 Å². The van der Waals surface area contributed by atoms with Crippen molar-refractivity contribution in [1.29, 1.82) is 5.26 Å². The summed E-state index contributed by atoms with van der Waals surface area (Å²) >= 11 is 0. The molecule has 1 aromatic rings. The van der Waals surface area contributed by atoms with Crippen LogP contribution in [0.4, 0.5) is 0 Å². The van der Waals surface area contributed by atoms with Crippen molar-refractivity contribution in [3.05, 3.63) is 35.4 Å². The topological polar surface area (TPSA) is 44.1 Å². The summed E-state index contributed by atoms with van der Waals surface area (Å²) in [5.74, 6) is 2.66. The first-order valence-electron chi connectivity index (χ1n) is 8.95. The van der Waals surface area contributed by atoms with E-state index in [2.05, 4.69) is 17.9 Å². The minimum atomic E-state index is 0.106. The monoisotopic (exact) mass is 308 g/mol. The van der Waals surface area contributed by atoms with Gasteiger partial charge in [0.05, 0.1) is 11.6 Å². The molecular weight excluding hydrogens is 284 g/mol. The van der Waals surface area contributed by atoms with Crippen molar-refractivity contribution >= 4 is 5.91 Å². The van der Waals surface area contributed by atoms with E-state index in [1.54, 1.807) is 12.1 Å². The molecule has 0 radical (unpaired) electrons. The zero-order chi connectivity index (χ0) is 16.0. The molecule has 0 aromatic heterocycles. The normalized spacial score (nSPS) is 34.2. The minimum Gasteiger partial charge on any atom is -0.333 e. The van der Waals surface area contributed by atoms with Gasteiger partial charge in [-0.05, 0) is 87.5 Å². The van der Waals surface area contributed by atoms with Gasteiger partial charge in [-0.1, -0.05) is 0 Å². The maximum Gasteiger partial charge on any atom is 0.254 e. The van der Waals surface area contributed by atoms with Crippen LogP contribution in [0.1, 0.15) is 61.4 Å². The molecule has 0 spiro atoms. The smallest absolute Gasteiger partial charge is 0.254 e. The number of hydrogen-bond donors (Lipinski definition) is 0. The second-order valence-electron chi connectivity index (χ2n) is 7.88. The SMILES string of the molecule is CCN(C(=O)c1ccc(C#N)cc1)C12CC3CC(CC(C3)C1)C2. The first-order valence-corrected chi connectivity index (χ1v) is 8.95. The first kappa shape index (κ1) is 14.8. The third-order valence-corrected chi connectivity index (χ3v) is 6.40. The molecule has 0 aliphatic heterocycles. The molecule has 4 bridgehead atoms. The van der Waals surface area contributed by atoms with Crippen LogP contribution in [0, 0.1) is 29.1 Å². The lowest BCUT2D eigenvalue weighted by Gasteiger charge is -2.60. The van der Waals surface area contributed by atoms with Gasteiger partial charge in [-0.25, -0.2) is 0 Å². The van der Waals surface area contributed by atoms with Crippen molar-refractivity contribution in [2.75, 3.05) is 6.54 Å². The zero-order valence-electron chi connectivity index (χ0n) is 13.8. The Bertz CT molecular complexity index is 620. The van der Waals surface area contributed by atoms with E-state index in [1.165, 1.54) is 38.5 Å². The van der Waals surface area contributed by atoms with Gasteiger partial charge in [0.2, 0.25) is 0 Å². The molecule has 4 fully saturated rings. The highest BCUT2D eigenvalue weighted by molar-refractivity contribution is 5.95. The highest BCUT2D eigenvalue weighted by atomic mass is 16.2. The number of carbonyl (C=O) groups excluding carboxylic acids is 1. The van der Waals surface area contributed by atoms with Crippen molar-refractivity contribution in [3.63, 3.8) is 0 Å². The summed E-state index contributed by atoms with van der Waals surface area (Å²) in [7, 11) is 0. The van der Waals surface area contributed by atoms with Crippen molar-refractivity contribution in [2.24, 2.45) is 17.8 Å². The molecule has 23 heavy (non-hydrogen) atoms. The predicted octanol–water partition coefficient (Wildman–Crippen LogP) is 3.99.